The molecule has 0 aliphatic rings. The van der Waals surface area contributed by atoms with Gasteiger partial charge < -0.3 is 13.9 Å². The van der Waals surface area contributed by atoms with Gasteiger partial charge in [0, 0.05) is 11.5 Å². The van der Waals surface area contributed by atoms with Gasteiger partial charge in [0.2, 0.25) is 0 Å². The summed E-state index contributed by atoms with van der Waals surface area (Å²) in [7, 11) is 1.52. The van der Waals surface area contributed by atoms with Gasteiger partial charge >= 0.3 is 11.6 Å². The molecule has 4 rings (SSSR count). The zero-order valence-electron chi connectivity index (χ0n) is 14.2. The molecule has 0 saturated heterocycles. The monoisotopic (exact) mass is 424 g/mol. The summed E-state index contributed by atoms with van der Waals surface area (Å²) in [4.78, 5) is 24.8. The molecule has 0 unspecified atom stereocenters. The molecule has 6 heteroatoms. The first-order valence-corrected chi connectivity index (χ1v) is 8.87. The van der Waals surface area contributed by atoms with Gasteiger partial charge in [0.05, 0.1) is 11.6 Å². The van der Waals surface area contributed by atoms with E-state index in [1.807, 2.05) is 30.3 Å². The molecule has 0 radical (unpaired) electrons. The van der Waals surface area contributed by atoms with Crippen LogP contribution in [0, 0.1) is 0 Å². The van der Waals surface area contributed by atoms with Gasteiger partial charge in [-0.25, -0.2) is 9.59 Å². The molecule has 0 saturated carbocycles. The third-order valence-corrected chi connectivity index (χ3v) is 5.01. The Bertz CT molecular complexity index is 1240. The van der Waals surface area contributed by atoms with E-state index >= 15 is 0 Å². The summed E-state index contributed by atoms with van der Waals surface area (Å²) in [5, 5.41) is 2.50. The summed E-state index contributed by atoms with van der Waals surface area (Å²) >= 11 is 3.46. The first kappa shape index (κ1) is 17.3. The second-order valence-corrected chi connectivity index (χ2v) is 6.63. The molecule has 0 aliphatic heterocycles. The topological polar surface area (TPSA) is 65.7 Å². The zero-order valence-corrected chi connectivity index (χ0v) is 15.8. The van der Waals surface area contributed by atoms with Gasteiger partial charge in [-0.05, 0) is 51.0 Å². The van der Waals surface area contributed by atoms with E-state index in [0.29, 0.717) is 26.9 Å². The highest BCUT2D eigenvalue weighted by molar-refractivity contribution is 9.10. The van der Waals surface area contributed by atoms with E-state index < -0.39 is 11.6 Å². The maximum Gasteiger partial charge on any atom is 0.351 e. The first-order chi connectivity index (χ1) is 13.1. The Morgan fingerprint density at radius 3 is 2.59 bits per heavy atom. The van der Waals surface area contributed by atoms with E-state index in [1.54, 1.807) is 24.3 Å². The normalized spacial score (nSPS) is 10.9. The molecule has 4 aromatic rings. The van der Waals surface area contributed by atoms with Crippen LogP contribution in [-0.4, -0.2) is 13.1 Å². The maximum absolute atomic E-state index is 12.6. The molecule has 5 nitrogen and oxygen atoms in total. The minimum absolute atomic E-state index is 0.173. The van der Waals surface area contributed by atoms with Crippen LogP contribution in [0.1, 0.15) is 10.4 Å². The molecule has 1 aromatic heterocycles. The van der Waals surface area contributed by atoms with E-state index in [-0.39, 0.29) is 5.56 Å². The second-order valence-electron chi connectivity index (χ2n) is 5.84. The third kappa shape index (κ3) is 3.19. The van der Waals surface area contributed by atoms with Crippen LogP contribution in [0.15, 0.2) is 74.3 Å². The van der Waals surface area contributed by atoms with Crippen LogP contribution >= 0.6 is 15.9 Å². The fraction of sp³-hybridized carbons (Fsp3) is 0.0476. The molecule has 0 spiro atoms. The molecule has 0 amide bonds. The van der Waals surface area contributed by atoms with Crippen LogP contribution in [-0.2, 0) is 0 Å². The average molecular weight is 425 g/mol. The number of esters is 1. The summed E-state index contributed by atoms with van der Waals surface area (Å²) in [6, 6.07) is 17.7. The second kappa shape index (κ2) is 6.89. The van der Waals surface area contributed by atoms with E-state index in [9.17, 15) is 9.59 Å². The number of benzene rings is 3. The fourth-order valence-corrected chi connectivity index (χ4v) is 3.38. The van der Waals surface area contributed by atoms with Gasteiger partial charge in [-0.1, -0.05) is 30.3 Å². The molecule has 0 aliphatic carbocycles. The number of hydrogen-bond acceptors (Lipinski definition) is 5. The largest absolute Gasteiger partial charge is 0.497 e. The van der Waals surface area contributed by atoms with Crippen molar-refractivity contribution in [2.45, 2.75) is 0 Å². The minimum Gasteiger partial charge on any atom is -0.497 e. The summed E-state index contributed by atoms with van der Waals surface area (Å²) in [5.74, 6) is 0.103. The Kier molecular flexibility index (Phi) is 4.41. The highest BCUT2D eigenvalue weighted by Gasteiger charge is 2.18. The number of rotatable bonds is 3. The Labute approximate surface area is 162 Å². The Hall–Kier alpha value is -3.12. The number of hydrogen-bond donors (Lipinski definition) is 0. The van der Waals surface area contributed by atoms with Crippen molar-refractivity contribution >= 4 is 43.6 Å². The molecule has 0 atom stereocenters. The highest BCUT2D eigenvalue weighted by Crippen LogP contribution is 2.33. The van der Waals surface area contributed by atoms with E-state index in [2.05, 4.69) is 15.9 Å². The number of carbonyl (C=O) groups excluding carboxylic acids is 1. The minimum atomic E-state index is -0.780. The van der Waals surface area contributed by atoms with E-state index in [1.165, 1.54) is 13.2 Å². The third-order valence-electron chi connectivity index (χ3n) is 4.19. The molecule has 1 heterocycles. The quantitative estimate of drug-likeness (QED) is 0.264. The molecule has 134 valence electrons. The van der Waals surface area contributed by atoms with Gasteiger partial charge in [0.15, 0.2) is 0 Å². The van der Waals surface area contributed by atoms with Crippen LogP contribution in [0.4, 0.5) is 0 Å². The highest BCUT2D eigenvalue weighted by atomic mass is 79.9. The lowest BCUT2D eigenvalue weighted by Crippen LogP contribution is -2.18. The molecular formula is C21H13BrO5. The fourth-order valence-electron chi connectivity index (χ4n) is 2.81. The van der Waals surface area contributed by atoms with Crippen LogP contribution in [0.5, 0.6) is 11.5 Å². The Balaban J connectivity index is 1.72. The lowest BCUT2D eigenvalue weighted by molar-refractivity contribution is 0.0729. The van der Waals surface area contributed by atoms with Crippen molar-refractivity contribution in [1.29, 1.82) is 0 Å². The summed E-state index contributed by atoms with van der Waals surface area (Å²) in [6.07, 6.45) is 0. The SMILES string of the molecule is COc1ccc2cc(C(=O)Oc3ccc4ccccc4c3Br)c(=O)oc2c1. The van der Waals surface area contributed by atoms with Crippen LogP contribution in [0.25, 0.3) is 21.7 Å². The van der Waals surface area contributed by atoms with Crippen molar-refractivity contribution in [3.05, 3.63) is 81.1 Å². The van der Waals surface area contributed by atoms with Crippen molar-refractivity contribution in [3.63, 3.8) is 0 Å². The van der Waals surface area contributed by atoms with E-state index in [0.717, 1.165) is 10.8 Å². The number of methoxy groups -OCH3 is 1. The molecule has 0 bridgehead atoms. The van der Waals surface area contributed by atoms with Crippen molar-refractivity contribution in [3.8, 4) is 11.5 Å². The Morgan fingerprint density at radius 2 is 1.78 bits per heavy atom. The van der Waals surface area contributed by atoms with Crippen LogP contribution in [0.2, 0.25) is 0 Å². The van der Waals surface area contributed by atoms with Crippen LogP contribution < -0.4 is 15.1 Å². The number of carbonyl (C=O) groups is 1. The summed E-state index contributed by atoms with van der Waals surface area (Å²) in [6.45, 7) is 0. The molecule has 3 aromatic carbocycles. The van der Waals surface area contributed by atoms with E-state index in [4.69, 9.17) is 13.9 Å². The Morgan fingerprint density at radius 1 is 1.00 bits per heavy atom. The van der Waals surface area contributed by atoms with Crippen LogP contribution in [0.3, 0.4) is 0 Å². The zero-order chi connectivity index (χ0) is 19.0. The number of ether oxygens (including phenoxy) is 2. The maximum atomic E-state index is 12.6. The van der Waals surface area contributed by atoms with Gasteiger partial charge in [-0.3, -0.25) is 0 Å². The first-order valence-electron chi connectivity index (χ1n) is 8.08. The molecule has 27 heavy (non-hydrogen) atoms. The molecule has 0 fully saturated rings. The predicted molar refractivity (Wildman–Crippen MR) is 106 cm³/mol. The van der Waals surface area contributed by atoms with Gasteiger partial charge in [-0.15, -0.1) is 0 Å². The van der Waals surface area contributed by atoms with Crippen molar-refractivity contribution in [2.24, 2.45) is 0 Å². The average Bonchev–Trinajstić information content (AvgIpc) is 2.69. The predicted octanol–water partition coefficient (Wildman–Crippen LogP) is 4.94. The molecular weight excluding hydrogens is 412 g/mol. The van der Waals surface area contributed by atoms with Gasteiger partial charge in [-0.2, -0.15) is 0 Å². The summed E-state index contributed by atoms with van der Waals surface area (Å²) in [5.41, 5.74) is -0.604. The van der Waals surface area contributed by atoms with Crippen molar-refractivity contribution in [1.82, 2.24) is 0 Å². The lowest BCUT2D eigenvalue weighted by atomic mass is 10.1. The van der Waals surface area contributed by atoms with Crippen molar-refractivity contribution < 1.29 is 18.7 Å². The van der Waals surface area contributed by atoms with Gasteiger partial charge in [0.1, 0.15) is 22.6 Å². The summed E-state index contributed by atoms with van der Waals surface area (Å²) < 4.78 is 16.4. The van der Waals surface area contributed by atoms with Crippen molar-refractivity contribution in [2.75, 3.05) is 7.11 Å². The smallest absolute Gasteiger partial charge is 0.351 e. The number of halogens is 1. The lowest BCUT2D eigenvalue weighted by Gasteiger charge is -2.09. The van der Waals surface area contributed by atoms with Gasteiger partial charge in [0.25, 0.3) is 0 Å². The molecule has 0 N–H and O–H groups in total. The standard InChI is InChI=1S/C21H13BrO5/c1-25-14-8-6-13-10-16(21(24)27-18(13)11-14)20(23)26-17-9-7-12-4-2-3-5-15(12)19(17)22/h2-11H,1H3. The number of fused-ring (bicyclic) bond motifs is 2.